The second-order valence-corrected chi connectivity index (χ2v) is 3.74. The van der Waals surface area contributed by atoms with Crippen LogP contribution >= 0.6 is 11.6 Å². The average molecular weight is 208 g/mol. The van der Waals surface area contributed by atoms with Gasteiger partial charge in [0.1, 0.15) is 0 Å². The van der Waals surface area contributed by atoms with Gasteiger partial charge in [-0.2, -0.15) is 0 Å². The van der Waals surface area contributed by atoms with Crippen molar-refractivity contribution in [1.29, 1.82) is 0 Å². The van der Waals surface area contributed by atoms with Crippen molar-refractivity contribution >= 4 is 17.5 Å². The van der Waals surface area contributed by atoms with Crippen LogP contribution in [-0.4, -0.2) is 52.2 Å². The molecule has 1 aliphatic heterocycles. The highest BCUT2D eigenvalue weighted by Gasteiger charge is 2.33. The normalized spacial score (nSPS) is 30.6. The highest BCUT2D eigenvalue weighted by molar-refractivity contribution is 6.19. The van der Waals surface area contributed by atoms with Gasteiger partial charge in [0.15, 0.2) is 0 Å². The number of alkyl halides is 1. The number of carbonyl (C=O) groups is 1. The molecular weight excluding hydrogens is 194 g/mol. The molecule has 1 amide bonds. The minimum absolute atomic E-state index is 0.106. The molecule has 1 heterocycles. The van der Waals surface area contributed by atoms with Crippen molar-refractivity contribution in [2.75, 3.05) is 19.0 Å². The van der Waals surface area contributed by atoms with Crippen LogP contribution in [-0.2, 0) is 4.79 Å². The maximum atomic E-state index is 11.5. The Bertz CT molecular complexity index is 190. The number of β-amino-alcohol motifs (C(OH)–C–C–N with tert-alkyl or cyclic N) is 2. The van der Waals surface area contributed by atoms with Crippen molar-refractivity contribution in [3.8, 4) is 0 Å². The highest BCUT2D eigenvalue weighted by Crippen LogP contribution is 2.14. The van der Waals surface area contributed by atoms with E-state index in [-0.39, 0.29) is 30.8 Å². The monoisotopic (exact) mass is 207 g/mol. The highest BCUT2D eigenvalue weighted by atomic mass is 35.5. The Labute approximate surface area is 82.1 Å². The molecule has 76 valence electrons. The standard InChI is InChI=1S/C8H14ClNO3/c1-5(2-9)8(13)10-3-6(11)7(12)4-10/h5-7,11-12H,2-4H2,1H3. The lowest BCUT2D eigenvalue weighted by Crippen LogP contribution is -2.34. The Hall–Kier alpha value is -0.320. The molecule has 0 bridgehead atoms. The number of carbonyl (C=O) groups excluding carboxylic acids is 1. The summed E-state index contributed by atoms with van der Waals surface area (Å²) in [6.45, 7) is 2.15. The molecule has 2 N–H and O–H groups in total. The topological polar surface area (TPSA) is 60.8 Å². The fourth-order valence-corrected chi connectivity index (χ4v) is 1.46. The van der Waals surface area contributed by atoms with Gasteiger partial charge in [0.2, 0.25) is 5.91 Å². The molecule has 1 rings (SSSR count). The van der Waals surface area contributed by atoms with Crippen molar-refractivity contribution in [1.82, 2.24) is 4.90 Å². The van der Waals surface area contributed by atoms with Gasteiger partial charge in [-0.3, -0.25) is 4.79 Å². The van der Waals surface area contributed by atoms with E-state index in [0.717, 1.165) is 0 Å². The summed E-state index contributed by atoms with van der Waals surface area (Å²) in [4.78, 5) is 12.9. The molecule has 0 aliphatic carbocycles. The molecule has 0 aromatic heterocycles. The van der Waals surface area contributed by atoms with Crippen LogP contribution in [0.1, 0.15) is 6.92 Å². The first-order valence-electron chi connectivity index (χ1n) is 4.27. The van der Waals surface area contributed by atoms with E-state index in [0.29, 0.717) is 0 Å². The number of nitrogens with zero attached hydrogens (tertiary/aromatic N) is 1. The minimum atomic E-state index is -0.813. The van der Waals surface area contributed by atoms with Gasteiger partial charge in [0.25, 0.3) is 0 Å². The van der Waals surface area contributed by atoms with Crippen LogP contribution in [0.5, 0.6) is 0 Å². The summed E-state index contributed by atoms with van der Waals surface area (Å²) in [6, 6.07) is 0. The predicted molar refractivity (Wildman–Crippen MR) is 48.5 cm³/mol. The van der Waals surface area contributed by atoms with Gasteiger partial charge in [-0.15, -0.1) is 11.6 Å². The number of rotatable bonds is 2. The second kappa shape index (κ2) is 4.26. The summed E-state index contributed by atoms with van der Waals surface area (Å²) in [5.74, 6) is -0.0913. The fraction of sp³-hybridized carbons (Fsp3) is 0.875. The van der Waals surface area contributed by atoms with Crippen LogP contribution in [0.25, 0.3) is 0 Å². The molecular formula is C8H14ClNO3. The van der Waals surface area contributed by atoms with Crippen LogP contribution in [0.15, 0.2) is 0 Å². The van der Waals surface area contributed by atoms with Crippen LogP contribution in [0.2, 0.25) is 0 Å². The van der Waals surface area contributed by atoms with Gasteiger partial charge in [0.05, 0.1) is 12.2 Å². The van der Waals surface area contributed by atoms with Gasteiger partial charge < -0.3 is 15.1 Å². The van der Waals surface area contributed by atoms with Crippen LogP contribution < -0.4 is 0 Å². The molecule has 5 heteroatoms. The average Bonchev–Trinajstić information content (AvgIpc) is 2.44. The molecule has 0 aromatic carbocycles. The molecule has 0 spiro atoms. The van der Waals surface area contributed by atoms with Gasteiger partial charge in [-0.1, -0.05) is 6.92 Å². The Morgan fingerprint density at radius 3 is 2.38 bits per heavy atom. The maximum Gasteiger partial charge on any atom is 0.226 e. The smallest absolute Gasteiger partial charge is 0.226 e. The maximum absolute atomic E-state index is 11.5. The van der Waals surface area contributed by atoms with E-state index in [1.54, 1.807) is 6.92 Å². The van der Waals surface area contributed by atoms with E-state index in [2.05, 4.69) is 0 Å². The summed E-state index contributed by atoms with van der Waals surface area (Å²) in [6.07, 6.45) is -1.63. The van der Waals surface area contributed by atoms with E-state index in [9.17, 15) is 15.0 Å². The molecule has 1 saturated heterocycles. The third kappa shape index (κ3) is 2.33. The quantitative estimate of drug-likeness (QED) is 0.596. The first-order chi connectivity index (χ1) is 6.06. The Balaban J connectivity index is 2.50. The number of likely N-dealkylation sites (tertiary alicyclic amines) is 1. The number of aliphatic hydroxyl groups excluding tert-OH is 2. The number of halogens is 1. The third-order valence-corrected chi connectivity index (χ3v) is 2.69. The zero-order valence-corrected chi connectivity index (χ0v) is 8.24. The lowest BCUT2D eigenvalue weighted by molar-refractivity contribution is -0.133. The summed E-state index contributed by atoms with van der Waals surface area (Å²) >= 11 is 5.53. The summed E-state index contributed by atoms with van der Waals surface area (Å²) < 4.78 is 0. The van der Waals surface area contributed by atoms with Crippen LogP contribution in [0, 0.1) is 5.92 Å². The number of hydrogen-bond acceptors (Lipinski definition) is 3. The van der Waals surface area contributed by atoms with Gasteiger partial charge in [-0.05, 0) is 0 Å². The molecule has 1 aliphatic rings. The molecule has 0 saturated carbocycles. The summed E-state index contributed by atoms with van der Waals surface area (Å²) in [7, 11) is 0. The van der Waals surface area contributed by atoms with E-state index >= 15 is 0 Å². The van der Waals surface area contributed by atoms with Crippen molar-refractivity contribution in [3.63, 3.8) is 0 Å². The fourth-order valence-electron chi connectivity index (χ4n) is 1.33. The van der Waals surface area contributed by atoms with Crippen molar-refractivity contribution in [2.45, 2.75) is 19.1 Å². The van der Waals surface area contributed by atoms with Crippen LogP contribution in [0.4, 0.5) is 0 Å². The van der Waals surface area contributed by atoms with E-state index in [1.165, 1.54) is 4.90 Å². The third-order valence-electron chi connectivity index (χ3n) is 2.22. The number of hydrogen-bond donors (Lipinski definition) is 2. The first-order valence-corrected chi connectivity index (χ1v) is 4.80. The Kier molecular flexibility index (Phi) is 3.53. The zero-order valence-electron chi connectivity index (χ0n) is 7.48. The number of aliphatic hydroxyl groups is 2. The zero-order chi connectivity index (χ0) is 10.0. The Morgan fingerprint density at radius 1 is 1.54 bits per heavy atom. The van der Waals surface area contributed by atoms with Gasteiger partial charge in [0, 0.05) is 24.9 Å². The molecule has 13 heavy (non-hydrogen) atoms. The van der Waals surface area contributed by atoms with Crippen molar-refractivity contribution < 1.29 is 15.0 Å². The molecule has 0 aromatic rings. The first kappa shape index (κ1) is 10.8. The minimum Gasteiger partial charge on any atom is -0.388 e. The molecule has 3 atom stereocenters. The predicted octanol–water partition coefficient (Wildman–Crippen LogP) is -0.575. The lowest BCUT2D eigenvalue weighted by Gasteiger charge is -2.18. The summed E-state index contributed by atoms with van der Waals surface area (Å²) in [5.41, 5.74) is 0. The van der Waals surface area contributed by atoms with Crippen molar-refractivity contribution in [2.24, 2.45) is 5.92 Å². The lowest BCUT2D eigenvalue weighted by atomic mass is 10.2. The van der Waals surface area contributed by atoms with Crippen molar-refractivity contribution in [3.05, 3.63) is 0 Å². The summed E-state index contributed by atoms with van der Waals surface area (Å²) in [5, 5.41) is 18.4. The van der Waals surface area contributed by atoms with E-state index in [1.807, 2.05) is 0 Å². The molecule has 3 unspecified atom stereocenters. The van der Waals surface area contributed by atoms with Gasteiger partial charge in [-0.25, -0.2) is 0 Å². The molecule has 0 radical (unpaired) electrons. The number of amides is 1. The largest absolute Gasteiger partial charge is 0.388 e. The SMILES string of the molecule is CC(CCl)C(=O)N1CC(O)C(O)C1. The van der Waals surface area contributed by atoms with E-state index < -0.39 is 12.2 Å². The van der Waals surface area contributed by atoms with E-state index in [4.69, 9.17) is 11.6 Å². The molecule has 1 fully saturated rings. The van der Waals surface area contributed by atoms with Gasteiger partial charge >= 0.3 is 0 Å². The van der Waals surface area contributed by atoms with Crippen LogP contribution in [0.3, 0.4) is 0 Å². The molecule has 4 nitrogen and oxygen atoms in total. The Morgan fingerprint density at radius 2 is 2.00 bits per heavy atom. The second-order valence-electron chi connectivity index (χ2n) is 3.43.